The van der Waals surface area contributed by atoms with Crippen LogP contribution in [0.4, 0.5) is 0 Å². The smallest absolute Gasteiger partial charge is 0.373 e. The molecule has 0 rings (SSSR count). The van der Waals surface area contributed by atoms with Crippen molar-refractivity contribution in [1.29, 1.82) is 0 Å². The summed E-state index contributed by atoms with van der Waals surface area (Å²) in [4.78, 5) is 26.7. The van der Waals surface area contributed by atoms with Crippen molar-refractivity contribution in [3.05, 3.63) is 12.2 Å². The molecule has 0 aromatic rings. The molecular formula is C8H12O4. The van der Waals surface area contributed by atoms with Crippen LogP contribution < -0.4 is 0 Å². The SMILES string of the molecule is CC/C=C/CC(=O)OC.O=C=O. The van der Waals surface area contributed by atoms with Crippen LogP contribution in [0.2, 0.25) is 0 Å². The summed E-state index contributed by atoms with van der Waals surface area (Å²) in [7, 11) is 1.39. The number of esters is 1. The number of hydrogen-bond acceptors (Lipinski definition) is 4. The molecule has 0 saturated heterocycles. The number of carbonyl (C=O) groups excluding carboxylic acids is 3. The molecule has 12 heavy (non-hydrogen) atoms. The van der Waals surface area contributed by atoms with E-state index in [2.05, 4.69) is 4.74 Å². The van der Waals surface area contributed by atoms with E-state index in [4.69, 9.17) is 9.59 Å². The van der Waals surface area contributed by atoms with Gasteiger partial charge in [0, 0.05) is 0 Å². The van der Waals surface area contributed by atoms with E-state index in [1.54, 1.807) is 0 Å². The fraction of sp³-hybridized carbons (Fsp3) is 0.500. The molecule has 0 amide bonds. The minimum absolute atomic E-state index is 0.181. The van der Waals surface area contributed by atoms with E-state index in [0.717, 1.165) is 6.42 Å². The van der Waals surface area contributed by atoms with Crippen molar-refractivity contribution in [3.63, 3.8) is 0 Å². The molecule has 4 nitrogen and oxygen atoms in total. The minimum atomic E-state index is -0.181. The Morgan fingerprint density at radius 3 is 2.25 bits per heavy atom. The summed E-state index contributed by atoms with van der Waals surface area (Å²) in [6.45, 7) is 2.02. The van der Waals surface area contributed by atoms with Crippen LogP contribution in [0.25, 0.3) is 0 Å². The molecule has 0 heterocycles. The molecule has 0 aromatic carbocycles. The van der Waals surface area contributed by atoms with E-state index in [-0.39, 0.29) is 12.1 Å². The summed E-state index contributed by atoms with van der Waals surface area (Å²) in [5.41, 5.74) is 0. The summed E-state index contributed by atoms with van der Waals surface area (Å²) in [5.74, 6) is -0.181. The zero-order valence-corrected chi connectivity index (χ0v) is 7.20. The van der Waals surface area contributed by atoms with Crippen LogP contribution in [-0.2, 0) is 19.1 Å². The fourth-order valence-corrected chi connectivity index (χ4v) is 0.430. The molecular weight excluding hydrogens is 160 g/mol. The molecule has 4 heteroatoms. The highest BCUT2D eigenvalue weighted by Crippen LogP contribution is 1.87. The summed E-state index contributed by atoms with van der Waals surface area (Å²) in [6.07, 6.45) is 5.37. The van der Waals surface area contributed by atoms with Gasteiger partial charge >= 0.3 is 12.1 Å². The maximum absolute atomic E-state index is 10.4. The molecule has 0 unspecified atom stereocenters. The van der Waals surface area contributed by atoms with Crippen molar-refractivity contribution >= 4 is 12.1 Å². The zero-order valence-electron chi connectivity index (χ0n) is 7.20. The van der Waals surface area contributed by atoms with Gasteiger partial charge in [-0.25, -0.2) is 0 Å². The molecule has 0 fully saturated rings. The van der Waals surface area contributed by atoms with Crippen molar-refractivity contribution in [2.45, 2.75) is 19.8 Å². The lowest BCUT2D eigenvalue weighted by atomic mass is 10.3. The summed E-state index contributed by atoms with van der Waals surface area (Å²) >= 11 is 0. The number of methoxy groups -OCH3 is 1. The van der Waals surface area contributed by atoms with Crippen LogP contribution in [0.15, 0.2) is 12.2 Å². The van der Waals surface area contributed by atoms with Gasteiger partial charge in [-0.3, -0.25) is 4.79 Å². The number of carbonyl (C=O) groups is 1. The van der Waals surface area contributed by atoms with Crippen molar-refractivity contribution in [2.75, 3.05) is 7.11 Å². The second kappa shape index (κ2) is 12.3. The van der Waals surface area contributed by atoms with Crippen molar-refractivity contribution < 1.29 is 19.1 Å². The monoisotopic (exact) mass is 172 g/mol. The molecule has 0 radical (unpaired) electrons. The van der Waals surface area contributed by atoms with Crippen LogP contribution in [-0.4, -0.2) is 19.2 Å². The van der Waals surface area contributed by atoms with Crippen LogP contribution in [0.5, 0.6) is 0 Å². The standard InChI is InChI=1S/C7H12O2.CO2/c1-3-4-5-6-7(8)9-2;2-1-3/h4-5H,3,6H2,1-2H3;/b5-4+;. The minimum Gasteiger partial charge on any atom is -0.469 e. The molecule has 0 spiro atoms. The normalized spacial score (nSPS) is 8.17. The van der Waals surface area contributed by atoms with E-state index in [9.17, 15) is 4.79 Å². The van der Waals surface area contributed by atoms with Crippen molar-refractivity contribution in [3.8, 4) is 0 Å². The van der Waals surface area contributed by atoms with Crippen LogP contribution in [0.3, 0.4) is 0 Å². The predicted octanol–water partition coefficient (Wildman–Crippen LogP) is 0.932. The van der Waals surface area contributed by atoms with Crippen LogP contribution in [0, 0.1) is 0 Å². The lowest BCUT2D eigenvalue weighted by Crippen LogP contribution is -1.96. The van der Waals surface area contributed by atoms with Crippen molar-refractivity contribution in [2.24, 2.45) is 0 Å². The molecule has 0 aliphatic carbocycles. The third kappa shape index (κ3) is 15.8. The molecule has 68 valence electrons. The number of allylic oxidation sites excluding steroid dienone is 1. The second-order valence-corrected chi connectivity index (χ2v) is 1.74. The quantitative estimate of drug-likeness (QED) is 0.469. The van der Waals surface area contributed by atoms with Gasteiger partial charge in [-0.2, -0.15) is 9.59 Å². The topological polar surface area (TPSA) is 60.4 Å². The van der Waals surface area contributed by atoms with Gasteiger partial charge in [0.25, 0.3) is 0 Å². The number of hydrogen-bond donors (Lipinski definition) is 0. The van der Waals surface area contributed by atoms with E-state index in [0.29, 0.717) is 6.42 Å². The molecule has 0 aromatic heterocycles. The first-order valence-electron chi connectivity index (χ1n) is 3.44. The molecule has 0 N–H and O–H groups in total. The number of ether oxygens (including phenoxy) is 1. The van der Waals surface area contributed by atoms with Gasteiger partial charge in [-0.15, -0.1) is 0 Å². The van der Waals surface area contributed by atoms with E-state index >= 15 is 0 Å². The summed E-state index contributed by atoms with van der Waals surface area (Å²) in [5, 5.41) is 0. The largest absolute Gasteiger partial charge is 0.469 e. The molecule has 0 aliphatic heterocycles. The lowest BCUT2D eigenvalue weighted by Gasteiger charge is -1.90. The zero-order chi connectivity index (χ0) is 9.82. The van der Waals surface area contributed by atoms with Crippen LogP contribution in [0.1, 0.15) is 19.8 Å². The van der Waals surface area contributed by atoms with Gasteiger partial charge < -0.3 is 4.74 Å². The van der Waals surface area contributed by atoms with E-state index in [1.165, 1.54) is 7.11 Å². The molecule has 0 saturated carbocycles. The Hall–Kier alpha value is -1.41. The highest BCUT2D eigenvalue weighted by molar-refractivity contribution is 5.70. The third-order valence-corrected chi connectivity index (χ3v) is 0.915. The van der Waals surface area contributed by atoms with Gasteiger partial charge in [0.1, 0.15) is 0 Å². The Labute approximate surface area is 71.2 Å². The van der Waals surface area contributed by atoms with Gasteiger partial charge in [0.2, 0.25) is 0 Å². The van der Waals surface area contributed by atoms with E-state index < -0.39 is 0 Å². The Balaban J connectivity index is 0. The van der Waals surface area contributed by atoms with Crippen molar-refractivity contribution in [1.82, 2.24) is 0 Å². The maximum atomic E-state index is 10.4. The second-order valence-electron chi connectivity index (χ2n) is 1.74. The Morgan fingerprint density at radius 1 is 1.42 bits per heavy atom. The highest BCUT2D eigenvalue weighted by Gasteiger charge is 1.91. The van der Waals surface area contributed by atoms with Gasteiger partial charge in [0.15, 0.2) is 0 Å². The Morgan fingerprint density at radius 2 is 1.92 bits per heavy atom. The van der Waals surface area contributed by atoms with Crippen LogP contribution >= 0.6 is 0 Å². The van der Waals surface area contributed by atoms with Gasteiger partial charge in [-0.1, -0.05) is 19.1 Å². The van der Waals surface area contributed by atoms with Gasteiger partial charge in [0.05, 0.1) is 13.5 Å². The lowest BCUT2D eigenvalue weighted by molar-refractivity contribution is -0.191. The molecule has 0 atom stereocenters. The molecule has 0 bridgehead atoms. The Kier molecular flexibility index (Phi) is 13.5. The molecule has 0 aliphatic rings. The third-order valence-electron chi connectivity index (χ3n) is 0.915. The van der Waals surface area contributed by atoms with E-state index in [1.807, 2.05) is 19.1 Å². The fourth-order valence-electron chi connectivity index (χ4n) is 0.430. The average Bonchev–Trinajstić information content (AvgIpc) is 2.06. The predicted molar refractivity (Wildman–Crippen MR) is 41.1 cm³/mol. The first-order chi connectivity index (χ1) is 5.72. The first kappa shape index (κ1) is 13.2. The average molecular weight is 172 g/mol. The number of rotatable bonds is 3. The summed E-state index contributed by atoms with van der Waals surface area (Å²) in [6, 6.07) is 0. The Bertz CT molecular complexity index is 166. The first-order valence-corrected chi connectivity index (χ1v) is 3.44. The maximum Gasteiger partial charge on any atom is 0.373 e. The van der Waals surface area contributed by atoms with Gasteiger partial charge in [-0.05, 0) is 6.42 Å². The summed E-state index contributed by atoms with van der Waals surface area (Å²) < 4.78 is 4.41. The highest BCUT2D eigenvalue weighted by atomic mass is 16.5.